The largest absolute Gasteiger partial charge is 0.0998 e. The van der Waals surface area contributed by atoms with Gasteiger partial charge in [-0.2, -0.15) is 0 Å². The normalized spacial score (nSPS) is 9.11. The first-order valence-corrected chi connectivity index (χ1v) is 3.47. The molecule has 0 radical (unpaired) electrons. The van der Waals surface area contributed by atoms with Crippen LogP contribution in [0.15, 0.2) is 24.3 Å². The lowest BCUT2D eigenvalue weighted by Crippen LogP contribution is -1.80. The van der Waals surface area contributed by atoms with Crippen LogP contribution in [0.1, 0.15) is 33.1 Å². The topological polar surface area (TPSA) is 0 Å². The van der Waals surface area contributed by atoms with Crippen molar-refractivity contribution in [2.45, 2.75) is 33.1 Å². The van der Waals surface area contributed by atoms with Gasteiger partial charge in [0.25, 0.3) is 0 Å². The highest BCUT2D eigenvalue weighted by Gasteiger charge is 1.91. The van der Waals surface area contributed by atoms with Gasteiger partial charge in [0.2, 0.25) is 0 Å². The van der Waals surface area contributed by atoms with Crippen molar-refractivity contribution >= 4 is 0 Å². The van der Waals surface area contributed by atoms with E-state index >= 15 is 0 Å². The smallest absolute Gasteiger partial charge is 0.0117 e. The molecule has 0 nitrogen and oxygen atoms in total. The van der Waals surface area contributed by atoms with Gasteiger partial charge in [-0.25, -0.2) is 0 Å². The first-order chi connectivity index (χ1) is 4.16. The zero-order valence-electron chi connectivity index (χ0n) is 6.54. The third-order valence-corrected chi connectivity index (χ3v) is 1.16. The predicted molar refractivity (Wildman–Crippen MR) is 43.5 cm³/mol. The highest BCUT2D eigenvalue weighted by molar-refractivity contribution is 5.06. The SMILES string of the molecule is C=C(C)CC(=C)CCC. The van der Waals surface area contributed by atoms with Crippen molar-refractivity contribution in [1.82, 2.24) is 0 Å². The zero-order valence-corrected chi connectivity index (χ0v) is 6.54. The minimum atomic E-state index is 1.01. The number of allylic oxidation sites excluding steroid dienone is 2. The van der Waals surface area contributed by atoms with E-state index < -0.39 is 0 Å². The number of hydrogen-bond acceptors (Lipinski definition) is 0. The molecule has 0 aromatic rings. The summed E-state index contributed by atoms with van der Waals surface area (Å²) in [6.07, 6.45) is 3.35. The summed E-state index contributed by atoms with van der Waals surface area (Å²) in [5, 5.41) is 0. The van der Waals surface area contributed by atoms with Gasteiger partial charge in [0.15, 0.2) is 0 Å². The first kappa shape index (κ1) is 8.48. The molecular weight excluding hydrogens is 108 g/mol. The Morgan fingerprint density at radius 1 is 1.33 bits per heavy atom. The summed E-state index contributed by atoms with van der Waals surface area (Å²) in [5.41, 5.74) is 2.53. The van der Waals surface area contributed by atoms with E-state index in [1.165, 1.54) is 17.6 Å². The van der Waals surface area contributed by atoms with E-state index in [2.05, 4.69) is 20.1 Å². The van der Waals surface area contributed by atoms with Gasteiger partial charge in [0.1, 0.15) is 0 Å². The third kappa shape index (κ3) is 5.35. The van der Waals surface area contributed by atoms with E-state index in [0.717, 1.165) is 12.8 Å². The summed E-state index contributed by atoms with van der Waals surface area (Å²) in [6, 6.07) is 0. The quantitative estimate of drug-likeness (QED) is 0.504. The molecule has 0 aliphatic heterocycles. The van der Waals surface area contributed by atoms with Crippen molar-refractivity contribution in [2.75, 3.05) is 0 Å². The van der Waals surface area contributed by atoms with E-state index in [1.54, 1.807) is 0 Å². The molecule has 9 heavy (non-hydrogen) atoms. The molecule has 0 N–H and O–H groups in total. The van der Waals surface area contributed by atoms with Gasteiger partial charge in [-0.3, -0.25) is 0 Å². The molecule has 0 heterocycles. The summed E-state index contributed by atoms with van der Waals surface area (Å²) >= 11 is 0. The van der Waals surface area contributed by atoms with Crippen molar-refractivity contribution in [3.05, 3.63) is 24.3 Å². The monoisotopic (exact) mass is 124 g/mol. The summed E-state index contributed by atoms with van der Waals surface area (Å²) in [4.78, 5) is 0. The molecule has 0 rings (SSSR count). The van der Waals surface area contributed by atoms with Crippen molar-refractivity contribution in [3.8, 4) is 0 Å². The van der Waals surface area contributed by atoms with Crippen LogP contribution >= 0.6 is 0 Å². The van der Waals surface area contributed by atoms with Crippen molar-refractivity contribution < 1.29 is 0 Å². The number of rotatable bonds is 4. The van der Waals surface area contributed by atoms with Crippen LogP contribution < -0.4 is 0 Å². The molecule has 0 spiro atoms. The second-order valence-corrected chi connectivity index (χ2v) is 2.63. The highest BCUT2D eigenvalue weighted by atomic mass is 14.0. The van der Waals surface area contributed by atoms with E-state index in [9.17, 15) is 0 Å². The maximum Gasteiger partial charge on any atom is -0.0117 e. The lowest BCUT2D eigenvalue weighted by molar-refractivity contribution is 0.872. The van der Waals surface area contributed by atoms with Crippen LogP contribution in [0.3, 0.4) is 0 Å². The maximum atomic E-state index is 3.92. The van der Waals surface area contributed by atoms with E-state index in [4.69, 9.17) is 0 Å². The van der Waals surface area contributed by atoms with E-state index in [0.29, 0.717) is 0 Å². The van der Waals surface area contributed by atoms with Gasteiger partial charge >= 0.3 is 0 Å². The van der Waals surface area contributed by atoms with Gasteiger partial charge in [-0.15, -0.1) is 0 Å². The molecule has 0 heteroatoms. The van der Waals surface area contributed by atoms with Gasteiger partial charge in [0, 0.05) is 0 Å². The molecule has 0 saturated heterocycles. The van der Waals surface area contributed by atoms with Crippen LogP contribution in [0.4, 0.5) is 0 Å². The Balaban J connectivity index is 3.39. The molecule has 0 unspecified atom stereocenters. The molecule has 0 amide bonds. The summed E-state index contributed by atoms with van der Waals surface area (Å²) in [7, 11) is 0. The van der Waals surface area contributed by atoms with Crippen LogP contribution in [0.25, 0.3) is 0 Å². The predicted octanol–water partition coefficient (Wildman–Crippen LogP) is 3.31. The van der Waals surface area contributed by atoms with Crippen molar-refractivity contribution in [3.63, 3.8) is 0 Å². The molecule has 0 aromatic heterocycles. The maximum absolute atomic E-state index is 3.92. The fraction of sp³-hybridized carbons (Fsp3) is 0.556. The molecule has 0 aromatic carbocycles. The van der Waals surface area contributed by atoms with Crippen molar-refractivity contribution in [2.24, 2.45) is 0 Å². The first-order valence-electron chi connectivity index (χ1n) is 3.47. The Hall–Kier alpha value is -0.520. The third-order valence-electron chi connectivity index (χ3n) is 1.16. The lowest BCUT2D eigenvalue weighted by Gasteiger charge is -2.00. The van der Waals surface area contributed by atoms with Gasteiger partial charge < -0.3 is 0 Å². The van der Waals surface area contributed by atoms with E-state index in [-0.39, 0.29) is 0 Å². The minimum Gasteiger partial charge on any atom is -0.0998 e. The van der Waals surface area contributed by atoms with Crippen LogP contribution in [-0.4, -0.2) is 0 Å². The lowest BCUT2D eigenvalue weighted by atomic mass is 10.1. The highest BCUT2D eigenvalue weighted by Crippen LogP contribution is 2.11. The second kappa shape index (κ2) is 4.37. The Kier molecular flexibility index (Phi) is 4.12. The molecule has 0 fully saturated rings. The van der Waals surface area contributed by atoms with Crippen LogP contribution in [-0.2, 0) is 0 Å². The fourth-order valence-corrected chi connectivity index (χ4v) is 0.869. The molecule has 0 atom stereocenters. The average molecular weight is 124 g/mol. The Labute approximate surface area is 58.3 Å². The second-order valence-electron chi connectivity index (χ2n) is 2.63. The average Bonchev–Trinajstić information content (AvgIpc) is 1.63. The molecule has 0 aliphatic rings. The molecule has 52 valence electrons. The molecular formula is C9H16. The van der Waals surface area contributed by atoms with Crippen LogP contribution in [0, 0.1) is 0 Å². The van der Waals surface area contributed by atoms with Gasteiger partial charge in [0.05, 0.1) is 0 Å². The summed E-state index contributed by atoms with van der Waals surface area (Å²) in [5.74, 6) is 0. The fourth-order valence-electron chi connectivity index (χ4n) is 0.869. The van der Waals surface area contributed by atoms with Gasteiger partial charge in [-0.05, 0) is 19.8 Å². The summed E-state index contributed by atoms with van der Waals surface area (Å²) in [6.45, 7) is 12.0. The van der Waals surface area contributed by atoms with Crippen LogP contribution in [0.2, 0.25) is 0 Å². The van der Waals surface area contributed by atoms with E-state index in [1.807, 2.05) is 6.92 Å². The Bertz CT molecular complexity index is 109. The Morgan fingerprint density at radius 3 is 2.22 bits per heavy atom. The standard InChI is InChI=1S/C9H16/c1-5-6-9(4)7-8(2)3/h2,4-7H2,1,3H3. The van der Waals surface area contributed by atoms with Crippen LogP contribution in [0.5, 0.6) is 0 Å². The number of hydrogen-bond donors (Lipinski definition) is 0. The minimum absolute atomic E-state index is 1.01. The molecule has 0 bridgehead atoms. The van der Waals surface area contributed by atoms with Gasteiger partial charge in [-0.1, -0.05) is 37.6 Å². The molecule has 0 saturated carbocycles. The summed E-state index contributed by atoms with van der Waals surface area (Å²) < 4.78 is 0. The molecule has 0 aliphatic carbocycles. The zero-order chi connectivity index (χ0) is 7.28. The van der Waals surface area contributed by atoms with Crippen molar-refractivity contribution in [1.29, 1.82) is 0 Å². The Morgan fingerprint density at radius 2 is 1.89 bits per heavy atom.